The number of hydrogen-bond donors (Lipinski definition) is 0. The molecule has 200 valence electrons. The third-order valence-electron chi connectivity index (χ3n) is 7.89. The van der Waals surface area contributed by atoms with Crippen molar-refractivity contribution >= 4 is 16.9 Å². The van der Waals surface area contributed by atoms with Crippen molar-refractivity contribution in [3.05, 3.63) is 91.1 Å². The predicted octanol–water partition coefficient (Wildman–Crippen LogP) is 7.18. The van der Waals surface area contributed by atoms with Gasteiger partial charge in [-0.2, -0.15) is 10.4 Å². The number of carbonyl (C=O) groups is 1. The lowest BCUT2D eigenvalue weighted by atomic mass is 9.96. The number of hydrogen-bond acceptors (Lipinski definition) is 6. The summed E-state index contributed by atoms with van der Waals surface area (Å²) >= 11 is 0. The Morgan fingerprint density at radius 3 is 2.67 bits per heavy atom. The number of para-hydroxylation sites is 1. The fraction of sp³-hybridized carbons (Fsp3) is 0.281. The molecule has 0 saturated heterocycles. The Bertz CT molecular complexity index is 1680. The molecule has 8 nitrogen and oxygen atoms in total. The van der Waals surface area contributed by atoms with Crippen LogP contribution in [0.4, 0.5) is 0 Å². The van der Waals surface area contributed by atoms with Gasteiger partial charge >= 0.3 is 0 Å². The first-order valence-corrected chi connectivity index (χ1v) is 13.7. The van der Waals surface area contributed by atoms with Gasteiger partial charge in [0.25, 0.3) is 0 Å². The summed E-state index contributed by atoms with van der Waals surface area (Å²) in [5.74, 6) is 1.37. The second-order valence-electron chi connectivity index (χ2n) is 10.4. The van der Waals surface area contributed by atoms with E-state index in [4.69, 9.17) is 4.74 Å². The molecule has 0 radical (unpaired) electrons. The van der Waals surface area contributed by atoms with E-state index in [9.17, 15) is 10.1 Å². The van der Waals surface area contributed by atoms with Gasteiger partial charge in [-0.1, -0.05) is 43.2 Å². The van der Waals surface area contributed by atoms with Gasteiger partial charge < -0.3 is 4.74 Å². The van der Waals surface area contributed by atoms with Crippen molar-refractivity contribution in [1.82, 2.24) is 24.3 Å². The summed E-state index contributed by atoms with van der Waals surface area (Å²) in [6.07, 6.45) is 12.1. The molecular weight excluding hydrogens is 500 g/mol. The smallest absolute Gasteiger partial charge is 0.239 e. The third kappa shape index (κ3) is 4.98. The molecule has 1 aliphatic rings. The van der Waals surface area contributed by atoms with Crippen molar-refractivity contribution in [2.75, 3.05) is 0 Å². The summed E-state index contributed by atoms with van der Waals surface area (Å²) in [6.45, 7) is 1.89. The molecule has 3 heterocycles. The van der Waals surface area contributed by atoms with Crippen LogP contribution in [0.15, 0.2) is 85.6 Å². The van der Waals surface area contributed by atoms with Gasteiger partial charge in [0, 0.05) is 23.3 Å². The summed E-state index contributed by atoms with van der Waals surface area (Å²) in [6, 6.07) is 21.5. The van der Waals surface area contributed by atoms with E-state index in [2.05, 4.69) is 21.1 Å². The molecule has 1 saturated carbocycles. The fourth-order valence-corrected chi connectivity index (χ4v) is 5.74. The van der Waals surface area contributed by atoms with Gasteiger partial charge in [0.2, 0.25) is 5.91 Å². The highest BCUT2D eigenvalue weighted by molar-refractivity contribution is 5.98. The van der Waals surface area contributed by atoms with Gasteiger partial charge in [0.1, 0.15) is 17.8 Å². The van der Waals surface area contributed by atoms with Crippen molar-refractivity contribution in [2.45, 2.75) is 51.0 Å². The highest BCUT2D eigenvalue weighted by Gasteiger charge is 2.27. The minimum atomic E-state index is -0.422. The van der Waals surface area contributed by atoms with Crippen LogP contribution in [0.25, 0.3) is 22.3 Å². The first-order valence-electron chi connectivity index (χ1n) is 13.7. The summed E-state index contributed by atoms with van der Waals surface area (Å²) in [4.78, 5) is 22.7. The van der Waals surface area contributed by atoms with E-state index in [1.54, 1.807) is 17.0 Å². The summed E-state index contributed by atoms with van der Waals surface area (Å²) in [5, 5.41) is 14.8. The van der Waals surface area contributed by atoms with Gasteiger partial charge in [-0.25, -0.2) is 9.97 Å². The second-order valence-corrected chi connectivity index (χ2v) is 10.4. The second kappa shape index (κ2) is 11.1. The van der Waals surface area contributed by atoms with E-state index in [1.165, 1.54) is 19.2 Å². The van der Waals surface area contributed by atoms with Crippen molar-refractivity contribution in [3.63, 3.8) is 0 Å². The summed E-state index contributed by atoms with van der Waals surface area (Å²) in [5.41, 5.74) is 2.97. The average Bonchev–Trinajstić information content (AvgIpc) is 3.77. The molecule has 5 aromatic rings. The highest BCUT2D eigenvalue weighted by atomic mass is 16.5. The standard InChI is InChI=1S/C32H30N6O2/c1-22(24-10-7-13-27(18-24)40-26-11-3-2-4-12-26)32(39)37-17-15-28-30(34-21-35-31(28)37)25-19-36-38(20-25)29(14-16-33)23-8-5-6-9-23/h2-4,7,10-13,15,17-23,29H,5-6,8-9,14H2,1H3/t22?,29-/m1/s1. The van der Waals surface area contributed by atoms with Crippen LogP contribution < -0.4 is 4.74 Å². The third-order valence-corrected chi connectivity index (χ3v) is 7.89. The molecular formula is C32H30N6O2. The number of fused-ring (bicyclic) bond motifs is 1. The maximum Gasteiger partial charge on any atom is 0.239 e. The largest absolute Gasteiger partial charge is 0.457 e. The molecule has 0 spiro atoms. The molecule has 0 aliphatic heterocycles. The number of ether oxygens (including phenoxy) is 1. The fourth-order valence-electron chi connectivity index (χ4n) is 5.74. The van der Waals surface area contributed by atoms with Crippen LogP contribution in [0.3, 0.4) is 0 Å². The normalized spacial score (nSPS) is 15.1. The quantitative estimate of drug-likeness (QED) is 0.211. The lowest BCUT2D eigenvalue weighted by Gasteiger charge is -2.21. The zero-order valence-corrected chi connectivity index (χ0v) is 22.4. The van der Waals surface area contributed by atoms with Gasteiger partial charge in [0.05, 0.1) is 36.3 Å². The zero-order valence-electron chi connectivity index (χ0n) is 22.4. The van der Waals surface area contributed by atoms with E-state index >= 15 is 0 Å². The molecule has 0 N–H and O–H groups in total. The number of carbonyl (C=O) groups excluding carboxylic acids is 1. The lowest BCUT2D eigenvalue weighted by molar-refractivity contribution is 0.0889. The van der Waals surface area contributed by atoms with E-state index < -0.39 is 5.92 Å². The van der Waals surface area contributed by atoms with Crippen molar-refractivity contribution < 1.29 is 9.53 Å². The van der Waals surface area contributed by atoms with Crippen molar-refractivity contribution in [2.24, 2.45) is 5.92 Å². The molecule has 40 heavy (non-hydrogen) atoms. The molecule has 2 atom stereocenters. The Balaban J connectivity index is 1.26. The molecule has 0 amide bonds. The SMILES string of the molecule is CC(C(=O)n1ccc2c(-c3cnn([C@H](CC#N)C4CCCC4)c3)ncnc21)c1cccc(Oc2ccccc2)c1. The van der Waals surface area contributed by atoms with Gasteiger partial charge in [-0.05, 0) is 61.6 Å². The zero-order chi connectivity index (χ0) is 27.5. The molecule has 1 aliphatic carbocycles. The molecule has 0 bridgehead atoms. The number of aromatic nitrogens is 5. The van der Waals surface area contributed by atoms with Crippen LogP contribution >= 0.6 is 0 Å². The molecule has 1 fully saturated rings. The Labute approximate surface area is 232 Å². The van der Waals surface area contributed by atoms with Gasteiger partial charge in [-0.15, -0.1) is 0 Å². The first kappa shape index (κ1) is 25.5. The maximum atomic E-state index is 13.7. The minimum absolute atomic E-state index is 0.0623. The van der Waals surface area contributed by atoms with Crippen LogP contribution in [0.1, 0.15) is 61.3 Å². The average molecular weight is 531 g/mol. The Kier molecular flexibility index (Phi) is 7.11. The van der Waals surface area contributed by atoms with E-state index in [-0.39, 0.29) is 11.9 Å². The van der Waals surface area contributed by atoms with Crippen LogP contribution in [-0.2, 0) is 0 Å². The first-order chi connectivity index (χ1) is 19.6. The molecule has 8 heteroatoms. The Morgan fingerprint density at radius 2 is 1.88 bits per heavy atom. The number of nitrogens with zero attached hydrogens (tertiary/aromatic N) is 6. The monoisotopic (exact) mass is 530 g/mol. The van der Waals surface area contributed by atoms with Crippen molar-refractivity contribution in [1.29, 1.82) is 5.26 Å². The van der Waals surface area contributed by atoms with E-state index in [0.717, 1.165) is 40.8 Å². The molecule has 2 aromatic carbocycles. The van der Waals surface area contributed by atoms with Crippen molar-refractivity contribution in [3.8, 4) is 28.8 Å². The maximum absolute atomic E-state index is 13.7. The lowest BCUT2D eigenvalue weighted by Crippen LogP contribution is -2.17. The van der Waals surface area contributed by atoms with Crippen LogP contribution in [0.2, 0.25) is 0 Å². The highest BCUT2D eigenvalue weighted by Crippen LogP contribution is 2.37. The van der Waals surface area contributed by atoms with Gasteiger partial charge in [0.15, 0.2) is 5.65 Å². The topological polar surface area (TPSA) is 98.6 Å². The summed E-state index contributed by atoms with van der Waals surface area (Å²) in [7, 11) is 0. The van der Waals surface area contributed by atoms with Crippen LogP contribution in [0.5, 0.6) is 11.5 Å². The molecule has 3 aromatic heterocycles. The Morgan fingerprint density at radius 1 is 1.07 bits per heavy atom. The number of nitriles is 1. The van der Waals surface area contributed by atoms with Crippen LogP contribution in [-0.4, -0.2) is 30.2 Å². The molecule has 6 rings (SSSR count). The van der Waals surface area contributed by atoms with Gasteiger partial charge in [-0.3, -0.25) is 14.0 Å². The number of rotatable bonds is 8. The minimum Gasteiger partial charge on any atom is -0.457 e. The van der Waals surface area contributed by atoms with Crippen LogP contribution in [0, 0.1) is 17.2 Å². The number of benzene rings is 2. The predicted molar refractivity (Wildman–Crippen MR) is 152 cm³/mol. The van der Waals surface area contributed by atoms with E-state index in [0.29, 0.717) is 23.7 Å². The summed E-state index contributed by atoms with van der Waals surface area (Å²) < 4.78 is 9.50. The molecule has 1 unspecified atom stereocenters. The van der Waals surface area contributed by atoms with E-state index in [1.807, 2.05) is 78.5 Å². The Hall–Kier alpha value is -4.77.